The topological polar surface area (TPSA) is 41.5 Å². The Morgan fingerprint density at radius 2 is 2.27 bits per heavy atom. The van der Waals surface area contributed by atoms with Crippen LogP contribution in [0.3, 0.4) is 0 Å². The predicted octanol–water partition coefficient (Wildman–Crippen LogP) is 2.24. The molecular formula is C10H13BrClNO2. The van der Waals surface area contributed by atoms with Gasteiger partial charge in [-0.25, -0.2) is 0 Å². The molecule has 0 aromatic heterocycles. The summed E-state index contributed by atoms with van der Waals surface area (Å²) in [4.78, 5) is 0. The molecule has 1 saturated heterocycles. The normalized spacial score (nSPS) is 20.7. The van der Waals surface area contributed by atoms with Gasteiger partial charge in [0.25, 0.3) is 0 Å². The summed E-state index contributed by atoms with van der Waals surface area (Å²) in [5.74, 6) is 0.308. The van der Waals surface area contributed by atoms with E-state index in [2.05, 4.69) is 21.2 Å². The fourth-order valence-electron chi connectivity index (χ4n) is 1.58. The first kappa shape index (κ1) is 12.8. The van der Waals surface area contributed by atoms with Crippen molar-refractivity contribution >= 4 is 28.3 Å². The first-order valence-corrected chi connectivity index (χ1v) is 5.36. The van der Waals surface area contributed by atoms with Crippen LogP contribution < -0.4 is 5.32 Å². The van der Waals surface area contributed by atoms with E-state index in [9.17, 15) is 5.11 Å². The Morgan fingerprint density at radius 3 is 2.87 bits per heavy atom. The maximum Gasteiger partial charge on any atom is 0.121 e. The Kier molecular flexibility index (Phi) is 4.86. The van der Waals surface area contributed by atoms with E-state index in [-0.39, 0.29) is 18.4 Å². The van der Waals surface area contributed by atoms with Gasteiger partial charge in [-0.05, 0) is 12.1 Å². The van der Waals surface area contributed by atoms with Crippen LogP contribution in [0, 0.1) is 0 Å². The average molecular weight is 295 g/mol. The number of halogens is 2. The lowest BCUT2D eigenvalue weighted by molar-refractivity contribution is 0.0761. The highest BCUT2D eigenvalue weighted by atomic mass is 79.9. The highest BCUT2D eigenvalue weighted by Crippen LogP contribution is 2.28. The van der Waals surface area contributed by atoms with Gasteiger partial charge in [0.05, 0.1) is 19.3 Å². The second-order valence-corrected chi connectivity index (χ2v) is 4.20. The second kappa shape index (κ2) is 5.70. The third kappa shape index (κ3) is 3.08. The minimum Gasteiger partial charge on any atom is -0.508 e. The Labute approximate surface area is 103 Å². The number of phenolic OH excluding ortho intramolecular Hbond substituents is 1. The largest absolute Gasteiger partial charge is 0.508 e. The summed E-state index contributed by atoms with van der Waals surface area (Å²) >= 11 is 3.31. The van der Waals surface area contributed by atoms with Gasteiger partial charge in [-0.1, -0.05) is 22.0 Å². The maximum absolute atomic E-state index is 9.72. The standard InChI is InChI=1S/C10H12BrNO2.ClH/c11-7-1-2-8(10(13)5-7)9-6-14-4-3-12-9;/h1-2,5,9,12-13H,3-4,6H2;1H/t9-;/m0./s1. The molecule has 0 radical (unpaired) electrons. The Balaban J connectivity index is 0.00000112. The van der Waals surface area contributed by atoms with Gasteiger partial charge in [0.1, 0.15) is 5.75 Å². The zero-order chi connectivity index (χ0) is 9.97. The van der Waals surface area contributed by atoms with Crippen LogP contribution in [0.25, 0.3) is 0 Å². The van der Waals surface area contributed by atoms with Crippen molar-refractivity contribution in [2.75, 3.05) is 19.8 Å². The summed E-state index contributed by atoms with van der Waals surface area (Å²) in [5.41, 5.74) is 0.896. The molecule has 3 nitrogen and oxygen atoms in total. The maximum atomic E-state index is 9.72. The lowest BCUT2D eigenvalue weighted by Gasteiger charge is -2.24. The number of hydrogen-bond acceptors (Lipinski definition) is 3. The van der Waals surface area contributed by atoms with Crippen molar-refractivity contribution in [3.05, 3.63) is 28.2 Å². The van der Waals surface area contributed by atoms with Gasteiger partial charge in [-0.3, -0.25) is 0 Å². The average Bonchev–Trinajstić information content (AvgIpc) is 2.19. The smallest absolute Gasteiger partial charge is 0.121 e. The van der Waals surface area contributed by atoms with Crippen molar-refractivity contribution in [3.8, 4) is 5.75 Å². The number of morpholine rings is 1. The minimum atomic E-state index is 0. The van der Waals surface area contributed by atoms with E-state index in [1.807, 2.05) is 12.1 Å². The fourth-order valence-corrected chi connectivity index (χ4v) is 1.93. The summed E-state index contributed by atoms with van der Waals surface area (Å²) in [5, 5.41) is 13.0. The van der Waals surface area contributed by atoms with Crippen LogP contribution in [0.15, 0.2) is 22.7 Å². The molecule has 0 saturated carbocycles. The van der Waals surface area contributed by atoms with E-state index in [4.69, 9.17) is 4.74 Å². The zero-order valence-corrected chi connectivity index (χ0v) is 10.5. The molecule has 0 unspecified atom stereocenters. The van der Waals surface area contributed by atoms with E-state index in [0.717, 1.165) is 23.2 Å². The summed E-state index contributed by atoms with van der Waals surface area (Å²) in [6.07, 6.45) is 0. The minimum absolute atomic E-state index is 0. The molecule has 1 aliphatic rings. The fraction of sp³-hybridized carbons (Fsp3) is 0.400. The number of phenols is 1. The third-order valence-electron chi connectivity index (χ3n) is 2.29. The van der Waals surface area contributed by atoms with Crippen molar-refractivity contribution in [2.24, 2.45) is 0 Å². The highest BCUT2D eigenvalue weighted by Gasteiger charge is 2.18. The SMILES string of the molecule is Cl.Oc1cc(Br)ccc1[C@@H]1COCCN1. The van der Waals surface area contributed by atoms with Gasteiger partial charge < -0.3 is 15.2 Å². The van der Waals surface area contributed by atoms with Gasteiger partial charge in [0, 0.05) is 16.6 Å². The van der Waals surface area contributed by atoms with Gasteiger partial charge in [0.15, 0.2) is 0 Å². The summed E-state index contributed by atoms with van der Waals surface area (Å²) in [6, 6.07) is 5.64. The number of ether oxygens (including phenoxy) is 1. The molecule has 5 heteroatoms. The first-order chi connectivity index (χ1) is 6.77. The molecule has 1 aromatic rings. The Morgan fingerprint density at radius 1 is 1.47 bits per heavy atom. The molecule has 0 bridgehead atoms. The molecule has 1 heterocycles. The van der Waals surface area contributed by atoms with Crippen LogP contribution >= 0.6 is 28.3 Å². The van der Waals surface area contributed by atoms with E-state index >= 15 is 0 Å². The Bertz CT molecular complexity index is 329. The van der Waals surface area contributed by atoms with Crippen LogP contribution in [0.1, 0.15) is 11.6 Å². The van der Waals surface area contributed by atoms with Gasteiger partial charge in [0.2, 0.25) is 0 Å². The number of hydrogen-bond donors (Lipinski definition) is 2. The molecule has 1 aromatic carbocycles. The molecule has 0 amide bonds. The predicted molar refractivity (Wildman–Crippen MR) is 64.6 cm³/mol. The van der Waals surface area contributed by atoms with Crippen molar-refractivity contribution < 1.29 is 9.84 Å². The number of nitrogens with one attached hydrogen (secondary N) is 1. The molecule has 2 rings (SSSR count). The summed E-state index contributed by atoms with van der Waals surface area (Å²) in [7, 11) is 0. The molecule has 2 N–H and O–H groups in total. The van der Waals surface area contributed by atoms with Crippen molar-refractivity contribution in [2.45, 2.75) is 6.04 Å². The molecule has 0 spiro atoms. The number of benzene rings is 1. The van der Waals surface area contributed by atoms with E-state index in [1.165, 1.54) is 0 Å². The molecule has 1 aliphatic heterocycles. The van der Waals surface area contributed by atoms with Crippen LogP contribution in [-0.4, -0.2) is 24.9 Å². The molecular weight excluding hydrogens is 281 g/mol. The molecule has 1 fully saturated rings. The van der Waals surface area contributed by atoms with Crippen molar-refractivity contribution in [1.29, 1.82) is 0 Å². The number of aromatic hydroxyl groups is 1. The lowest BCUT2D eigenvalue weighted by atomic mass is 10.1. The highest BCUT2D eigenvalue weighted by molar-refractivity contribution is 9.10. The van der Waals surface area contributed by atoms with E-state index < -0.39 is 0 Å². The van der Waals surface area contributed by atoms with E-state index in [1.54, 1.807) is 6.07 Å². The van der Waals surface area contributed by atoms with Crippen LogP contribution in [0.4, 0.5) is 0 Å². The Hall–Kier alpha value is -0.290. The van der Waals surface area contributed by atoms with E-state index in [0.29, 0.717) is 12.4 Å². The van der Waals surface area contributed by atoms with Crippen LogP contribution in [-0.2, 0) is 4.74 Å². The lowest BCUT2D eigenvalue weighted by Crippen LogP contribution is -2.34. The van der Waals surface area contributed by atoms with Gasteiger partial charge in [-0.15, -0.1) is 12.4 Å². The summed E-state index contributed by atoms with van der Waals surface area (Å²) in [6.45, 7) is 2.20. The second-order valence-electron chi connectivity index (χ2n) is 3.28. The third-order valence-corrected chi connectivity index (χ3v) is 2.78. The quantitative estimate of drug-likeness (QED) is 0.835. The zero-order valence-electron chi connectivity index (χ0n) is 8.07. The summed E-state index contributed by atoms with van der Waals surface area (Å²) < 4.78 is 6.22. The van der Waals surface area contributed by atoms with Gasteiger partial charge in [-0.2, -0.15) is 0 Å². The van der Waals surface area contributed by atoms with Crippen molar-refractivity contribution in [1.82, 2.24) is 5.32 Å². The van der Waals surface area contributed by atoms with Gasteiger partial charge >= 0.3 is 0 Å². The molecule has 15 heavy (non-hydrogen) atoms. The van der Waals surface area contributed by atoms with Crippen molar-refractivity contribution in [3.63, 3.8) is 0 Å². The first-order valence-electron chi connectivity index (χ1n) is 4.57. The van der Waals surface area contributed by atoms with Crippen LogP contribution in [0.5, 0.6) is 5.75 Å². The molecule has 0 aliphatic carbocycles. The monoisotopic (exact) mass is 293 g/mol. The molecule has 1 atom stereocenters. The molecule has 84 valence electrons. The number of rotatable bonds is 1. The van der Waals surface area contributed by atoms with Crippen LogP contribution in [0.2, 0.25) is 0 Å².